The second-order valence-electron chi connectivity index (χ2n) is 8.63. The van der Waals surface area contributed by atoms with Crippen molar-refractivity contribution in [3.8, 4) is 0 Å². The van der Waals surface area contributed by atoms with Gasteiger partial charge in [-0.1, -0.05) is 51.7 Å². The van der Waals surface area contributed by atoms with Crippen LogP contribution in [0.5, 0.6) is 0 Å². The molecule has 0 atom stereocenters. The zero-order valence-electron chi connectivity index (χ0n) is 16.7. The Bertz CT molecular complexity index is 615. The van der Waals surface area contributed by atoms with Gasteiger partial charge in [0.1, 0.15) is 0 Å². The van der Waals surface area contributed by atoms with Crippen LogP contribution in [0.4, 0.5) is 5.69 Å². The van der Waals surface area contributed by atoms with Crippen molar-refractivity contribution in [1.82, 2.24) is 0 Å². The summed E-state index contributed by atoms with van der Waals surface area (Å²) >= 11 is 4.78. The second-order valence-corrected chi connectivity index (χ2v) is 8.81. The molecule has 3 rings (SSSR count). The van der Waals surface area contributed by atoms with Gasteiger partial charge in [-0.3, -0.25) is 0 Å². The largest absolute Gasteiger partial charge is 0.194 e. The lowest BCUT2D eigenvalue weighted by Gasteiger charge is -2.38. The van der Waals surface area contributed by atoms with E-state index in [-0.39, 0.29) is 0 Å². The summed E-state index contributed by atoms with van der Waals surface area (Å²) in [7, 11) is 0. The fraction of sp³-hybridized carbons (Fsp3) is 0.708. The molecule has 2 aliphatic rings. The van der Waals surface area contributed by atoms with E-state index in [1.165, 1.54) is 75.3 Å². The molecular formula is C24H35NS. The summed E-state index contributed by atoms with van der Waals surface area (Å²) in [5.74, 6) is 3.81. The quantitative estimate of drug-likeness (QED) is 0.367. The molecular weight excluding hydrogens is 334 g/mol. The van der Waals surface area contributed by atoms with Crippen molar-refractivity contribution in [3.63, 3.8) is 0 Å². The van der Waals surface area contributed by atoms with Gasteiger partial charge in [0, 0.05) is 0 Å². The van der Waals surface area contributed by atoms with Crippen molar-refractivity contribution < 1.29 is 0 Å². The van der Waals surface area contributed by atoms with Gasteiger partial charge >= 0.3 is 0 Å². The average molecular weight is 370 g/mol. The van der Waals surface area contributed by atoms with Gasteiger partial charge in [0.25, 0.3) is 0 Å². The normalized spacial score (nSPS) is 29.2. The number of isothiocyanates is 1. The number of aryl methyl sites for hydroxylation is 1. The first-order chi connectivity index (χ1) is 12.7. The van der Waals surface area contributed by atoms with Crippen molar-refractivity contribution >= 4 is 23.1 Å². The van der Waals surface area contributed by atoms with Crippen LogP contribution in [0.1, 0.15) is 95.1 Å². The van der Waals surface area contributed by atoms with Crippen LogP contribution < -0.4 is 0 Å². The van der Waals surface area contributed by atoms with Crippen LogP contribution in [0.3, 0.4) is 0 Å². The van der Waals surface area contributed by atoms with Crippen LogP contribution in [-0.2, 0) is 6.42 Å². The molecule has 1 aromatic rings. The second kappa shape index (κ2) is 9.81. The van der Waals surface area contributed by atoms with Crippen LogP contribution >= 0.6 is 12.2 Å². The van der Waals surface area contributed by atoms with E-state index in [0.717, 1.165) is 35.8 Å². The number of aliphatic imine (C=N–C) groups is 1. The SMILES string of the molecule is CCC[C@H]1CC[C@H]([C@H]2CC[C@H](c3ccc(N=C=S)c(CC)c3)CC2)CC1. The molecule has 0 unspecified atom stereocenters. The molecule has 1 nitrogen and oxygen atoms in total. The van der Waals surface area contributed by atoms with E-state index in [0.29, 0.717) is 0 Å². The maximum atomic E-state index is 4.78. The Hall–Kier alpha value is -0.980. The number of rotatable bonds is 6. The smallest absolute Gasteiger partial charge is 0.0771 e. The average Bonchev–Trinajstić information content (AvgIpc) is 2.69. The molecule has 142 valence electrons. The van der Waals surface area contributed by atoms with E-state index in [4.69, 9.17) is 12.2 Å². The maximum Gasteiger partial charge on any atom is 0.0771 e. The van der Waals surface area contributed by atoms with E-state index in [9.17, 15) is 0 Å². The molecule has 2 fully saturated rings. The lowest BCUT2D eigenvalue weighted by Crippen LogP contribution is -2.25. The van der Waals surface area contributed by atoms with Gasteiger partial charge in [0.2, 0.25) is 0 Å². The van der Waals surface area contributed by atoms with Gasteiger partial charge in [-0.15, -0.1) is 0 Å². The lowest BCUT2D eigenvalue weighted by molar-refractivity contribution is 0.156. The summed E-state index contributed by atoms with van der Waals surface area (Å²) in [5.41, 5.74) is 3.84. The lowest BCUT2D eigenvalue weighted by atomic mass is 9.68. The summed E-state index contributed by atoms with van der Waals surface area (Å²) in [6.07, 6.45) is 15.5. The molecule has 26 heavy (non-hydrogen) atoms. The number of benzene rings is 1. The molecule has 0 aliphatic heterocycles. The molecule has 1 aromatic carbocycles. The third-order valence-electron chi connectivity index (χ3n) is 7.15. The van der Waals surface area contributed by atoms with E-state index in [1.807, 2.05) is 0 Å². The fourth-order valence-corrected chi connectivity index (χ4v) is 5.68. The fourth-order valence-electron chi connectivity index (χ4n) is 5.58. The van der Waals surface area contributed by atoms with Crippen LogP contribution in [0.2, 0.25) is 0 Å². The first-order valence-corrected chi connectivity index (χ1v) is 11.4. The van der Waals surface area contributed by atoms with Gasteiger partial charge in [0.05, 0.1) is 10.8 Å². The Morgan fingerprint density at radius 2 is 1.62 bits per heavy atom. The summed E-state index contributed by atoms with van der Waals surface area (Å²) in [5, 5.41) is 2.52. The van der Waals surface area contributed by atoms with E-state index in [2.05, 4.69) is 42.2 Å². The Kier molecular flexibility index (Phi) is 7.46. The van der Waals surface area contributed by atoms with Crippen molar-refractivity contribution in [2.45, 2.75) is 90.4 Å². The van der Waals surface area contributed by atoms with E-state index >= 15 is 0 Å². The molecule has 2 heteroatoms. The summed E-state index contributed by atoms with van der Waals surface area (Å²) in [6.45, 7) is 4.54. The first-order valence-electron chi connectivity index (χ1n) is 11.0. The number of thiocarbonyl (C=S) groups is 1. The third kappa shape index (κ3) is 4.84. The summed E-state index contributed by atoms with van der Waals surface area (Å²) in [6, 6.07) is 6.81. The van der Waals surface area contributed by atoms with E-state index < -0.39 is 0 Å². The number of hydrogen-bond donors (Lipinski definition) is 0. The Morgan fingerprint density at radius 1 is 0.962 bits per heavy atom. The minimum absolute atomic E-state index is 0.749. The molecule has 2 saturated carbocycles. The van der Waals surface area contributed by atoms with E-state index in [1.54, 1.807) is 0 Å². The molecule has 0 bridgehead atoms. The van der Waals surface area contributed by atoms with Crippen LogP contribution in [0.15, 0.2) is 23.2 Å². The molecule has 2 aliphatic carbocycles. The minimum atomic E-state index is 0.749. The highest BCUT2D eigenvalue weighted by Gasteiger charge is 2.31. The zero-order chi connectivity index (χ0) is 18.4. The molecule has 0 amide bonds. The molecule has 0 N–H and O–H groups in total. The van der Waals surface area contributed by atoms with Gasteiger partial charge < -0.3 is 0 Å². The molecule has 0 aromatic heterocycles. The number of nitrogens with zero attached hydrogens (tertiary/aromatic N) is 1. The van der Waals surface area contributed by atoms with Gasteiger partial charge in [-0.2, -0.15) is 4.99 Å². The predicted octanol–water partition coefficient (Wildman–Crippen LogP) is 7.86. The molecule has 0 saturated heterocycles. The Labute approximate surface area is 165 Å². The van der Waals surface area contributed by atoms with Gasteiger partial charge in [-0.25, -0.2) is 0 Å². The van der Waals surface area contributed by atoms with Crippen LogP contribution in [-0.4, -0.2) is 5.16 Å². The maximum absolute atomic E-state index is 4.78. The van der Waals surface area contributed by atoms with Gasteiger partial charge in [-0.05, 0) is 98.0 Å². The highest BCUT2D eigenvalue weighted by Crippen LogP contribution is 2.44. The molecule has 0 heterocycles. The standard InChI is InChI=1S/C24H35NS/c1-3-5-18-6-8-20(9-7-18)21-10-12-22(13-11-21)23-14-15-24(25-17-26)19(4-2)16-23/h14-16,18,20-22H,3-13H2,1-2H3/t18-,20-,21-,22-. The Balaban J connectivity index is 1.55. The van der Waals surface area contributed by atoms with Crippen molar-refractivity contribution in [2.75, 3.05) is 0 Å². The number of hydrogen-bond acceptors (Lipinski definition) is 2. The Morgan fingerprint density at radius 3 is 2.19 bits per heavy atom. The monoisotopic (exact) mass is 369 g/mol. The van der Waals surface area contributed by atoms with Crippen molar-refractivity contribution in [2.24, 2.45) is 22.7 Å². The highest BCUT2D eigenvalue weighted by molar-refractivity contribution is 7.78. The first kappa shape index (κ1) is 19.8. The topological polar surface area (TPSA) is 12.4 Å². The summed E-state index contributed by atoms with van der Waals surface area (Å²) in [4.78, 5) is 4.22. The highest BCUT2D eigenvalue weighted by atomic mass is 32.1. The van der Waals surface area contributed by atoms with Crippen LogP contribution in [0, 0.1) is 17.8 Å². The minimum Gasteiger partial charge on any atom is -0.194 e. The van der Waals surface area contributed by atoms with Crippen molar-refractivity contribution in [3.05, 3.63) is 29.3 Å². The van der Waals surface area contributed by atoms with Crippen molar-refractivity contribution in [1.29, 1.82) is 0 Å². The van der Waals surface area contributed by atoms with Gasteiger partial charge in [0.15, 0.2) is 0 Å². The third-order valence-corrected chi connectivity index (χ3v) is 7.24. The molecule has 0 radical (unpaired) electrons. The zero-order valence-corrected chi connectivity index (χ0v) is 17.5. The molecule has 0 spiro atoms. The predicted molar refractivity (Wildman–Crippen MR) is 116 cm³/mol. The summed E-state index contributed by atoms with van der Waals surface area (Å²) < 4.78 is 0. The van der Waals surface area contributed by atoms with Crippen LogP contribution in [0.25, 0.3) is 0 Å².